The minimum Gasteiger partial charge on any atom is -0.489 e. The number of thiol groups is 1. The number of carbonyl (C=O) groups is 2. The lowest BCUT2D eigenvalue weighted by atomic mass is 9.94. The third-order valence-corrected chi connectivity index (χ3v) is 7.31. The molecule has 0 radical (unpaired) electrons. The number of ether oxygens (including phenoxy) is 2. The van der Waals surface area contributed by atoms with Crippen molar-refractivity contribution in [1.82, 2.24) is 10.2 Å². The van der Waals surface area contributed by atoms with E-state index in [0.29, 0.717) is 37.6 Å². The van der Waals surface area contributed by atoms with Gasteiger partial charge in [-0.15, -0.1) is 0 Å². The maximum atomic E-state index is 13.4. The average Bonchev–Trinajstić information content (AvgIpc) is 3.25. The number of nitrogens with two attached hydrogens (primary N) is 1. The standard InChI is InChI=1S/C26H41N3O4S2/c1-18(2)19(10-11-20(27)17-34)15-29-16-22(33-21-8-6-5-7-9-21)14-24(29)25(30)28-23(12-13-35-4)26(31)32-3/h5-11,18-20,22-24,34H,12-17,27H2,1-4H3,(H,28,30)/b11-10+/t19-,20-,22+,23+,24+/m1/s1. The largest absolute Gasteiger partial charge is 0.489 e. The fourth-order valence-electron chi connectivity index (χ4n) is 4.12. The molecule has 1 aromatic rings. The minimum atomic E-state index is -0.662. The Labute approximate surface area is 220 Å². The van der Waals surface area contributed by atoms with Gasteiger partial charge in [-0.25, -0.2) is 4.79 Å². The summed E-state index contributed by atoms with van der Waals surface area (Å²) in [5, 5.41) is 2.95. The van der Waals surface area contributed by atoms with Crippen LogP contribution in [0.3, 0.4) is 0 Å². The second-order valence-electron chi connectivity index (χ2n) is 9.26. The van der Waals surface area contributed by atoms with Gasteiger partial charge in [-0.1, -0.05) is 44.2 Å². The molecule has 0 spiro atoms. The molecule has 7 nitrogen and oxygen atoms in total. The summed E-state index contributed by atoms with van der Waals surface area (Å²) in [6, 6.07) is 8.48. The molecule has 1 aliphatic rings. The molecule has 1 saturated heterocycles. The molecule has 1 fully saturated rings. The summed E-state index contributed by atoms with van der Waals surface area (Å²) in [4.78, 5) is 27.9. The Hall–Kier alpha value is -1.68. The molecule has 0 unspecified atom stereocenters. The number of carbonyl (C=O) groups excluding carboxylic acids is 2. The van der Waals surface area contributed by atoms with Crippen molar-refractivity contribution in [1.29, 1.82) is 0 Å². The van der Waals surface area contributed by atoms with Gasteiger partial charge in [0.15, 0.2) is 0 Å². The monoisotopic (exact) mass is 523 g/mol. The summed E-state index contributed by atoms with van der Waals surface area (Å²) in [5.74, 6) is 2.09. The molecule has 2 rings (SSSR count). The zero-order chi connectivity index (χ0) is 25.8. The maximum Gasteiger partial charge on any atom is 0.328 e. The number of nitrogens with one attached hydrogen (secondary N) is 1. The van der Waals surface area contributed by atoms with E-state index in [1.54, 1.807) is 11.8 Å². The van der Waals surface area contributed by atoms with Gasteiger partial charge in [-0.05, 0) is 42.4 Å². The lowest BCUT2D eigenvalue weighted by molar-refractivity contribution is -0.145. The molecule has 0 aliphatic carbocycles. The number of likely N-dealkylation sites (tertiary alicyclic amines) is 1. The number of para-hydroxylation sites is 1. The number of thioether (sulfide) groups is 1. The van der Waals surface area contributed by atoms with Gasteiger partial charge in [-0.3, -0.25) is 9.69 Å². The molecule has 0 aromatic heterocycles. The Morgan fingerprint density at radius 2 is 2.00 bits per heavy atom. The zero-order valence-corrected chi connectivity index (χ0v) is 23.0. The molecular formula is C26H41N3O4S2. The van der Waals surface area contributed by atoms with Gasteiger partial charge in [0.25, 0.3) is 0 Å². The van der Waals surface area contributed by atoms with Gasteiger partial charge < -0.3 is 20.5 Å². The van der Waals surface area contributed by atoms with Crippen molar-refractivity contribution in [3.05, 3.63) is 42.5 Å². The third-order valence-electron chi connectivity index (χ3n) is 6.24. The first-order chi connectivity index (χ1) is 16.8. The molecule has 9 heteroatoms. The molecular weight excluding hydrogens is 482 g/mol. The summed E-state index contributed by atoms with van der Waals surface area (Å²) >= 11 is 5.90. The Bertz CT molecular complexity index is 809. The van der Waals surface area contributed by atoms with Crippen molar-refractivity contribution in [2.24, 2.45) is 17.6 Å². The van der Waals surface area contributed by atoms with Crippen molar-refractivity contribution in [2.75, 3.05) is 38.0 Å². The Balaban J connectivity index is 2.20. The second-order valence-corrected chi connectivity index (χ2v) is 10.6. The lowest BCUT2D eigenvalue weighted by Gasteiger charge is -2.29. The molecule has 35 heavy (non-hydrogen) atoms. The molecule has 1 aromatic carbocycles. The van der Waals surface area contributed by atoms with E-state index >= 15 is 0 Å². The van der Waals surface area contributed by atoms with Crippen LogP contribution in [0.5, 0.6) is 5.75 Å². The number of hydrogen-bond donors (Lipinski definition) is 3. The summed E-state index contributed by atoms with van der Waals surface area (Å²) in [5.41, 5.74) is 6.04. The highest BCUT2D eigenvalue weighted by Gasteiger charge is 2.40. The highest BCUT2D eigenvalue weighted by Crippen LogP contribution is 2.26. The van der Waals surface area contributed by atoms with Crippen LogP contribution in [0.15, 0.2) is 42.5 Å². The second kappa shape index (κ2) is 15.4. The van der Waals surface area contributed by atoms with E-state index in [1.165, 1.54) is 7.11 Å². The van der Waals surface area contributed by atoms with E-state index in [4.69, 9.17) is 15.2 Å². The van der Waals surface area contributed by atoms with E-state index in [1.807, 2.05) is 42.7 Å². The molecule has 196 valence electrons. The quantitative estimate of drug-likeness (QED) is 0.196. The number of hydrogen-bond acceptors (Lipinski definition) is 8. The van der Waals surface area contributed by atoms with Crippen LogP contribution in [0.4, 0.5) is 0 Å². The highest BCUT2D eigenvalue weighted by molar-refractivity contribution is 7.98. The fraction of sp³-hybridized carbons (Fsp3) is 0.615. The predicted molar refractivity (Wildman–Crippen MR) is 147 cm³/mol. The first kappa shape index (κ1) is 29.5. The summed E-state index contributed by atoms with van der Waals surface area (Å²) in [6.45, 7) is 5.64. The van der Waals surface area contributed by atoms with E-state index < -0.39 is 18.1 Å². The van der Waals surface area contributed by atoms with E-state index in [0.717, 1.165) is 11.5 Å². The molecule has 0 saturated carbocycles. The van der Waals surface area contributed by atoms with Crippen LogP contribution >= 0.6 is 24.4 Å². The number of amides is 1. The smallest absolute Gasteiger partial charge is 0.328 e. The van der Waals surface area contributed by atoms with Crippen molar-refractivity contribution in [2.45, 2.75) is 50.9 Å². The topological polar surface area (TPSA) is 93.9 Å². The van der Waals surface area contributed by atoms with Crippen molar-refractivity contribution >= 4 is 36.3 Å². The van der Waals surface area contributed by atoms with Crippen LogP contribution < -0.4 is 15.8 Å². The number of benzene rings is 1. The summed E-state index contributed by atoms with van der Waals surface area (Å²) < 4.78 is 11.1. The number of rotatable bonds is 14. The SMILES string of the molecule is COC(=O)[C@H](CCSC)NC(=O)[C@@H]1C[C@H](Oc2ccccc2)CN1C[C@@H](/C=C/[C@@H](N)CS)C(C)C. The van der Waals surface area contributed by atoms with Crippen LogP contribution in [0, 0.1) is 11.8 Å². The molecule has 3 N–H and O–H groups in total. The first-order valence-corrected chi connectivity index (χ1v) is 14.2. The van der Waals surface area contributed by atoms with E-state index in [-0.39, 0.29) is 24.0 Å². The van der Waals surface area contributed by atoms with Crippen LogP contribution in [0.2, 0.25) is 0 Å². The van der Waals surface area contributed by atoms with E-state index in [2.05, 4.69) is 42.8 Å². The Morgan fingerprint density at radius 1 is 1.29 bits per heavy atom. The van der Waals surface area contributed by atoms with Crippen molar-refractivity contribution in [3.63, 3.8) is 0 Å². The van der Waals surface area contributed by atoms with Crippen molar-refractivity contribution in [3.8, 4) is 5.75 Å². The van der Waals surface area contributed by atoms with Crippen LogP contribution in [0.25, 0.3) is 0 Å². The summed E-state index contributed by atoms with van der Waals surface area (Å²) in [7, 11) is 1.35. The maximum absolute atomic E-state index is 13.4. The van der Waals surface area contributed by atoms with Crippen LogP contribution in [-0.4, -0.2) is 79.0 Å². The molecule has 1 amide bonds. The fourth-order valence-corrected chi connectivity index (χ4v) is 4.71. The van der Waals surface area contributed by atoms with Gasteiger partial charge in [0, 0.05) is 31.3 Å². The lowest BCUT2D eigenvalue weighted by Crippen LogP contribution is -2.50. The van der Waals surface area contributed by atoms with Crippen molar-refractivity contribution < 1.29 is 19.1 Å². The third kappa shape index (κ3) is 9.71. The number of esters is 1. The minimum absolute atomic E-state index is 0.108. The predicted octanol–water partition coefficient (Wildman–Crippen LogP) is 3.00. The Kier molecular flexibility index (Phi) is 13.0. The zero-order valence-electron chi connectivity index (χ0n) is 21.3. The molecule has 0 bridgehead atoms. The van der Waals surface area contributed by atoms with Crippen LogP contribution in [0.1, 0.15) is 26.7 Å². The van der Waals surface area contributed by atoms with Gasteiger partial charge in [-0.2, -0.15) is 24.4 Å². The normalized spacial score (nSPS) is 21.1. The molecule has 1 heterocycles. The van der Waals surface area contributed by atoms with Gasteiger partial charge in [0.2, 0.25) is 5.91 Å². The van der Waals surface area contributed by atoms with Gasteiger partial charge >= 0.3 is 5.97 Å². The highest BCUT2D eigenvalue weighted by atomic mass is 32.2. The molecule has 5 atom stereocenters. The van der Waals surface area contributed by atoms with E-state index in [9.17, 15) is 9.59 Å². The first-order valence-electron chi connectivity index (χ1n) is 12.2. The Morgan fingerprint density at radius 3 is 2.60 bits per heavy atom. The number of nitrogens with zero attached hydrogens (tertiary/aromatic N) is 1. The van der Waals surface area contributed by atoms with Crippen LogP contribution in [-0.2, 0) is 14.3 Å². The average molecular weight is 524 g/mol. The van der Waals surface area contributed by atoms with Gasteiger partial charge in [0.05, 0.1) is 13.2 Å². The van der Waals surface area contributed by atoms with Gasteiger partial charge in [0.1, 0.15) is 17.9 Å². The summed E-state index contributed by atoms with van der Waals surface area (Å²) in [6.07, 6.45) is 7.04. The number of methoxy groups -OCH3 is 1. The molecule has 1 aliphatic heterocycles.